The fourth-order valence-corrected chi connectivity index (χ4v) is 4.19. The van der Waals surface area contributed by atoms with Crippen LogP contribution in [-0.4, -0.2) is 37.1 Å². The van der Waals surface area contributed by atoms with Gasteiger partial charge in [-0.25, -0.2) is 13.2 Å². The Balaban J connectivity index is 1.64. The van der Waals surface area contributed by atoms with Crippen molar-refractivity contribution < 1.29 is 32.2 Å². The van der Waals surface area contributed by atoms with E-state index in [0.29, 0.717) is 13.2 Å². The first kappa shape index (κ1) is 23.2. The van der Waals surface area contributed by atoms with Crippen LogP contribution in [0.15, 0.2) is 48.5 Å². The van der Waals surface area contributed by atoms with Crippen LogP contribution >= 0.6 is 0 Å². The third-order valence-corrected chi connectivity index (χ3v) is 5.98. The molecule has 0 aromatic heterocycles. The fourth-order valence-electron chi connectivity index (χ4n) is 4.19. The van der Waals surface area contributed by atoms with Crippen molar-refractivity contribution in [3.8, 4) is 23.6 Å². The Morgan fingerprint density at radius 2 is 1.33 bits per heavy atom. The molecule has 0 N–H and O–H groups in total. The summed E-state index contributed by atoms with van der Waals surface area (Å²) >= 11 is 0. The lowest BCUT2D eigenvalue weighted by atomic mass is 9.94. The standard InChI is InChI=1S/C26H16F3N3O4/c27-20-12-24-23(11-17(20)25(33)32-5-7-34-8-6-32)35-26(36-24,18-3-1-15(13-30)9-21(18)28)19-4-2-16(14-31)10-22(19)29/h1-4,9-12H,5-8H2. The number of nitrogens with zero attached hydrogens (tertiary/aromatic N) is 3. The Morgan fingerprint density at radius 1 is 0.806 bits per heavy atom. The second-order valence-electron chi connectivity index (χ2n) is 8.12. The summed E-state index contributed by atoms with van der Waals surface area (Å²) in [6.07, 6.45) is 0. The molecule has 0 radical (unpaired) electrons. The number of hydrogen-bond acceptors (Lipinski definition) is 6. The summed E-state index contributed by atoms with van der Waals surface area (Å²) < 4.78 is 62.6. The van der Waals surface area contributed by atoms with Gasteiger partial charge in [-0.2, -0.15) is 10.5 Å². The molecule has 3 aromatic carbocycles. The third-order valence-electron chi connectivity index (χ3n) is 5.98. The van der Waals surface area contributed by atoms with E-state index in [-0.39, 0.29) is 52.4 Å². The third kappa shape index (κ3) is 3.78. The van der Waals surface area contributed by atoms with Gasteiger partial charge in [0.25, 0.3) is 5.91 Å². The van der Waals surface area contributed by atoms with Crippen LogP contribution in [0.3, 0.4) is 0 Å². The Labute approximate surface area is 203 Å². The molecule has 1 saturated heterocycles. The first-order chi connectivity index (χ1) is 17.4. The lowest BCUT2D eigenvalue weighted by Gasteiger charge is -2.29. The number of fused-ring (bicyclic) bond motifs is 1. The molecule has 180 valence electrons. The monoisotopic (exact) mass is 491 g/mol. The maximum absolute atomic E-state index is 15.2. The van der Waals surface area contributed by atoms with E-state index in [1.54, 1.807) is 0 Å². The lowest BCUT2D eigenvalue weighted by Crippen LogP contribution is -2.41. The second kappa shape index (κ2) is 8.91. The van der Waals surface area contributed by atoms with Crippen molar-refractivity contribution in [3.05, 3.63) is 93.8 Å². The molecule has 0 unspecified atom stereocenters. The summed E-state index contributed by atoms with van der Waals surface area (Å²) in [5.74, 6) is -5.91. The van der Waals surface area contributed by atoms with E-state index in [1.165, 1.54) is 29.2 Å². The number of nitriles is 2. The van der Waals surface area contributed by atoms with Crippen molar-refractivity contribution in [1.29, 1.82) is 10.5 Å². The van der Waals surface area contributed by atoms with Gasteiger partial charge in [0.1, 0.15) is 17.5 Å². The van der Waals surface area contributed by atoms with Crippen molar-refractivity contribution in [3.63, 3.8) is 0 Å². The normalized spacial score (nSPS) is 15.8. The molecule has 0 saturated carbocycles. The average molecular weight is 491 g/mol. The fraction of sp³-hybridized carbons (Fsp3) is 0.192. The van der Waals surface area contributed by atoms with Gasteiger partial charge in [0.05, 0.1) is 53.2 Å². The summed E-state index contributed by atoms with van der Waals surface area (Å²) in [7, 11) is 0. The van der Waals surface area contributed by atoms with Crippen LogP contribution in [0.25, 0.3) is 0 Å². The highest BCUT2D eigenvalue weighted by atomic mass is 19.1. The summed E-state index contributed by atoms with van der Waals surface area (Å²) in [6.45, 7) is 1.20. The summed E-state index contributed by atoms with van der Waals surface area (Å²) in [4.78, 5) is 14.4. The smallest absolute Gasteiger partial charge is 0.311 e. The topological polar surface area (TPSA) is 95.6 Å². The number of rotatable bonds is 3. The van der Waals surface area contributed by atoms with Crippen molar-refractivity contribution in [2.45, 2.75) is 5.79 Å². The molecule has 0 aliphatic carbocycles. The number of carbonyl (C=O) groups is 1. The van der Waals surface area contributed by atoms with Gasteiger partial charge in [0.15, 0.2) is 11.5 Å². The number of benzene rings is 3. The van der Waals surface area contributed by atoms with Gasteiger partial charge >= 0.3 is 5.79 Å². The van der Waals surface area contributed by atoms with Gasteiger partial charge in [-0.1, -0.05) is 0 Å². The number of hydrogen-bond donors (Lipinski definition) is 0. The van der Waals surface area contributed by atoms with E-state index in [9.17, 15) is 4.79 Å². The van der Waals surface area contributed by atoms with Gasteiger partial charge in [-0.15, -0.1) is 0 Å². The Kier molecular flexibility index (Phi) is 5.75. The minimum Gasteiger partial charge on any atom is -0.440 e. The van der Waals surface area contributed by atoms with Crippen molar-refractivity contribution in [2.24, 2.45) is 0 Å². The van der Waals surface area contributed by atoms with E-state index in [2.05, 4.69) is 0 Å². The van der Waals surface area contributed by atoms with E-state index in [4.69, 9.17) is 24.7 Å². The Morgan fingerprint density at radius 3 is 1.83 bits per heavy atom. The number of ether oxygens (including phenoxy) is 3. The lowest BCUT2D eigenvalue weighted by molar-refractivity contribution is -0.0515. The summed E-state index contributed by atoms with van der Waals surface area (Å²) in [5.41, 5.74) is -0.862. The van der Waals surface area contributed by atoms with E-state index < -0.39 is 29.1 Å². The van der Waals surface area contributed by atoms with Crippen molar-refractivity contribution in [2.75, 3.05) is 26.3 Å². The predicted molar refractivity (Wildman–Crippen MR) is 117 cm³/mol. The molecule has 10 heteroatoms. The molecule has 3 aromatic rings. The molecule has 0 spiro atoms. The molecule has 0 atom stereocenters. The number of carbonyl (C=O) groups excluding carboxylic acids is 1. The maximum Gasteiger partial charge on any atom is 0.311 e. The van der Waals surface area contributed by atoms with Gasteiger partial charge in [-0.05, 0) is 42.5 Å². The largest absolute Gasteiger partial charge is 0.440 e. The number of halogens is 3. The molecular weight excluding hydrogens is 475 g/mol. The van der Waals surface area contributed by atoms with Crippen LogP contribution in [0.4, 0.5) is 13.2 Å². The summed E-state index contributed by atoms with van der Waals surface area (Å²) in [5, 5.41) is 18.2. The van der Waals surface area contributed by atoms with Crippen molar-refractivity contribution in [1.82, 2.24) is 4.90 Å². The van der Waals surface area contributed by atoms with Crippen LogP contribution in [0.5, 0.6) is 11.5 Å². The SMILES string of the molecule is N#Cc1ccc(C2(c3ccc(C#N)cc3F)Oc3cc(F)c(C(=O)N4CCOCC4)cc3O2)c(F)c1. The highest BCUT2D eigenvalue weighted by Crippen LogP contribution is 2.49. The van der Waals surface area contributed by atoms with Crippen LogP contribution in [0.1, 0.15) is 32.6 Å². The van der Waals surface area contributed by atoms with Crippen LogP contribution in [0.2, 0.25) is 0 Å². The zero-order chi connectivity index (χ0) is 25.4. The highest BCUT2D eigenvalue weighted by Gasteiger charge is 2.50. The molecule has 5 rings (SSSR count). The number of morpholine rings is 1. The molecule has 2 heterocycles. The van der Waals surface area contributed by atoms with Gasteiger partial charge < -0.3 is 19.1 Å². The maximum atomic E-state index is 15.2. The van der Waals surface area contributed by atoms with Crippen molar-refractivity contribution >= 4 is 5.91 Å². The Bertz CT molecular complexity index is 1410. The first-order valence-electron chi connectivity index (χ1n) is 10.8. The van der Waals surface area contributed by atoms with Gasteiger partial charge in [-0.3, -0.25) is 4.79 Å². The minimum absolute atomic E-state index is 0.00616. The molecule has 2 aliphatic heterocycles. The minimum atomic E-state index is -2.26. The quantitative estimate of drug-likeness (QED) is 0.550. The zero-order valence-corrected chi connectivity index (χ0v) is 18.6. The van der Waals surface area contributed by atoms with Crippen LogP contribution in [-0.2, 0) is 10.5 Å². The van der Waals surface area contributed by atoms with Gasteiger partial charge in [0.2, 0.25) is 0 Å². The molecule has 2 aliphatic rings. The van der Waals surface area contributed by atoms with E-state index in [0.717, 1.165) is 24.3 Å². The van der Waals surface area contributed by atoms with Crippen LogP contribution in [0, 0.1) is 40.1 Å². The second-order valence-corrected chi connectivity index (χ2v) is 8.12. The molecule has 1 amide bonds. The number of amides is 1. The molecular formula is C26H16F3N3O4. The predicted octanol–water partition coefficient (Wildman–Crippen LogP) is 3.99. The Hall–Kier alpha value is -4.54. The van der Waals surface area contributed by atoms with Crippen LogP contribution < -0.4 is 9.47 Å². The van der Waals surface area contributed by atoms with Gasteiger partial charge in [0, 0.05) is 19.2 Å². The highest BCUT2D eigenvalue weighted by molar-refractivity contribution is 5.95. The molecule has 36 heavy (non-hydrogen) atoms. The summed E-state index contributed by atoms with van der Waals surface area (Å²) in [6, 6.07) is 12.5. The average Bonchev–Trinajstić information content (AvgIpc) is 3.26. The first-order valence-corrected chi connectivity index (χ1v) is 10.8. The zero-order valence-electron chi connectivity index (χ0n) is 18.6. The molecule has 1 fully saturated rings. The van der Waals surface area contributed by atoms with E-state index >= 15 is 13.2 Å². The van der Waals surface area contributed by atoms with E-state index in [1.807, 2.05) is 12.1 Å². The molecule has 0 bridgehead atoms. The molecule has 7 nitrogen and oxygen atoms in total.